The number of carbonyl (C=O) groups excluding carboxylic acids is 1. The number of nitrogens with zero attached hydrogens (tertiary/aromatic N) is 2. The van der Waals surface area contributed by atoms with Gasteiger partial charge in [-0.1, -0.05) is 24.3 Å². The molecule has 0 unspecified atom stereocenters. The van der Waals surface area contributed by atoms with Crippen LogP contribution in [0.4, 0.5) is 13.2 Å². The lowest BCUT2D eigenvalue weighted by Gasteiger charge is -2.65. The molecule has 0 aromatic heterocycles. The van der Waals surface area contributed by atoms with Crippen molar-refractivity contribution in [3.8, 4) is 5.75 Å². The van der Waals surface area contributed by atoms with Crippen LogP contribution in [0.5, 0.6) is 5.75 Å². The Labute approximate surface area is 220 Å². The van der Waals surface area contributed by atoms with E-state index in [1.807, 2.05) is 12.1 Å². The molecule has 0 radical (unpaired) electrons. The van der Waals surface area contributed by atoms with Gasteiger partial charge in [0.05, 0.1) is 11.2 Å². The molecule has 202 valence electrons. The molecule has 4 atom stereocenters. The van der Waals surface area contributed by atoms with Crippen molar-refractivity contribution < 1.29 is 28.2 Å². The number of rotatable bonds is 5. The Morgan fingerprint density at radius 1 is 1.24 bits per heavy atom. The van der Waals surface area contributed by atoms with Gasteiger partial charge in [0.25, 0.3) is 0 Å². The number of hydrogen-bond acceptors (Lipinski definition) is 4. The van der Waals surface area contributed by atoms with Crippen LogP contribution in [0.3, 0.4) is 0 Å². The van der Waals surface area contributed by atoms with Gasteiger partial charge in [0.1, 0.15) is 5.75 Å². The number of benzene rings is 2. The van der Waals surface area contributed by atoms with E-state index in [2.05, 4.69) is 11.5 Å². The topological polar surface area (TPSA) is 64.0 Å². The van der Waals surface area contributed by atoms with Crippen LogP contribution in [-0.2, 0) is 22.8 Å². The van der Waals surface area contributed by atoms with Crippen molar-refractivity contribution in [2.45, 2.75) is 61.4 Å². The number of likely N-dealkylation sites (tertiary alicyclic amines) is 1. The normalized spacial score (nSPS) is 29.0. The van der Waals surface area contributed by atoms with Gasteiger partial charge in [-0.05, 0) is 85.7 Å². The van der Waals surface area contributed by atoms with E-state index in [1.54, 1.807) is 24.1 Å². The van der Waals surface area contributed by atoms with Gasteiger partial charge in [-0.2, -0.15) is 13.2 Å². The Morgan fingerprint density at radius 2 is 2.03 bits per heavy atom. The summed E-state index contributed by atoms with van der Waals surface area (Å²) in [7, 11) is 1.71. The fourth-order valence-electron chi connectivity index (χ4n) is 7.07. The SMILES string of the molecule is C=CCN1CC[C@]23C[C@H](N(C)C(=O)C=Cc4cccc(C(F)(F)F)c4)CC[C@]2(O)[C@H]1Cc1ccc(O)cc13. The molecule has 0 spiro atoms. The predicted octanol–water partition coefficient (Wildman–Crippen LogP) is 4.92. The van der Waals surface area contributed by atoms with Crippen molar-refractivity contribution in [3.05, 3.63) is 83.4 Å². The number of phenols is 1. The van der Waals surface area contributed by atoms with Gasteiger partial charge >= 0.3 is 6.18 Å². The number of piperidine rings is 1. The second kappa shape index (κ2) is 9.58. The van der Waals surface area contributed by atoms with Crippen molar-refractivity contribution in [2.75, 3.05) is 20.1 Å². The Morgan fingerprint density at radius 3 is 2.76 bits per heavy atom. The fraction of sp³-hybridized carbons (Fsp3) is 0.433. The van der Waals surface area contributed by atoms with Crippen LogP contribution in [0.1, 0.15) is 47.9 Å². The Kier molecular flexibility index (Phi) is 6.68. The molecule has 5 rings (SSSR count). The van der Waals surface area contributed by atoms with Crippen molar-refractivity contribution in [1.29, 1.82) is 0 Å². The van der Waals surface area contributed by atoms with Crippen LogP contribution in [-0.4, -0.2) is 63.7 Å². The van der Waals surface area contributed by atoms with Gasteiger partial charge in [0, 0.05) is 37.2 Å². The van der Waals surface area contributed by atoms with E-state index in [0.717, 1.165) is 29.8 Å². The number of alkyl halides is 3. The highest BCUT2D eigenvalue weighted by Gasteiger charge is 2.64. The second-order valence-electron chi connectivity index (χ2n) is 10.9. The molecular weight excluding hydrogens is 493 g/mol. The molecule has 8 heteroatoms. The summed E-state index contributed by atoms with van der Waals surface area (Å²) in [5.74, 6) is -0.148. The van der Waals surface area contributed by atoms with Gasteiger partial charge in [-0.25, -0.2) is 0 Å². The maximum Gasteiger partial charge on any atom is 0.416 e. The summed E-state index contributed by atoms with van der Waals surface area (Å²) >= 11 is 0. The number of likely N-dealkylation sites (N-methyl/N-ethyl adjacent to an activating group) is 1. The third kappa shape index (κ3) is 4.33. The van der Waals surface area contributed by atoms with Gasteiger partial charge in [-0.3, -0.25) is 9.69 Å². The summed E-state index contributed by atoms with van der Waals surface area (Å²) < 4.78 is 39.2. The average molecular weight is 527 g/mol. The lowest BCUT2D eigenvalue weighted by atomic mass is 9.48. The van der Waals surface area contributed by atoms with E-state index in [1.165, 1.54) is 24.3 Å². The van der Waals surface area contributed by atoms with E-state index in [9.17, 15) is 28.2 Å². The van der Waals surface area contributed by atoms with Crippen LogP contribution in [0.2, 0.25) is 0 Å². The number of hydrogen-bond donors (Lipinski definition) is 2. The van der Waals surface area contributed by atoms with Gasteiger partial charge in [-0.15, -0.1) is 6.58 Å². The number of amides is 1. The Bertz CT molecular complexity index is 1280. The largest absolute Gasteiger partial charge is 0.508 e. The highest BCUT2D eigenvalue weighted by molar-refractivity contribution is 5.91. The fourth-order valence-corrected chi connectivity index (χ4v) is 7.07. The molecule has 2 N–H and O–H groups in total. The minimum absolute atomic E-state index is 0.0888. The average Bonchev–Trinajstić information content (AvgIpc) is 2.88. The van der Waals surface area contributed by atoms with Gasteiger partial charge < -0.3 is 15.1 Å². The summed E-state index contributed by atoms with van der Waals surface area (Å²) in [5.41, 5.74) is -0.0347. The zero-order valence-electron chi connectivity index (χ0n) is 21.4. The standard InChI is InChI=1S/C30H33F3N2O3/c1-3-14-35-15-13-28-19-23(11-12-29(28,38)26(35)17-21-8-9-24(36)18-25(21)28)34(2)27(37)10-7-20-5-4-6-22(16-20)30(31,32)33/h3-10,16,18,23,26,36,38H,1,11-15,17,19H2,2H3/t23-,26-,28-,29+/m1/s1. The lowest BCUT2D eigenvalue weighted by molar-refractivity contribution is -0.175. The number of halogens is 3. The maximum absolute atomic E-state index is 13.1. The molecule has 1 aliphatic heterocycles. The van der Waals surface area contributed by atoms with Gasteiger partial charge in [0.2, 0.25) is 5.91 Å². The first-order valence-corrected chi connectivity index (χ1v) is 13.0. The molecule has 38 heavy (non-hydrogen) atoms. The molecule has 1 saturated carbocycles. The Hall–Kier alpha value is -3.10. The van der Waals surface area contributed by atoms with Crippen molar-refractivity contribution in [1.82, 2.24) is 9.80 Å². The number of carbonyl (C=O) groups is 1. The van der Waals surface area contributed by atoms with Crippen LogP contribution in [0, 0.1) is 0 Å². The lowest BCUT2D eigenvalue weighted by Crippen LogP contribution is -2.74. The highest BCUT2D eigenvalue weighted by atomic mass is 19.4. The van der Waals surface area contributed by atoms with Crippen molar-refractivity contribution in [2.24, 2.45) is 0 Å². The highest BCUT2D eigenvalue weighted by Crippen LogP contribution is 2.59. The van der Waals surface area contributed by atoms with Crippen LogP contribution >= 0.6 is 0 Å². The smallest absolute Gasteiger partial charge is 0.416 e. The number of aromatic hydroxyl groups is 1. The molecule has 3 aliphatic rings. The molecule has 2 aromatic rings. The monoisotopic (exact) mass is 526 g/mol. The molecule has 1 amide bonds. The number of phenolic OH excluding ortho intramolecular Hbond substituents is 1. The van der Waals surface area contributed by atoms with E-state index in [0.29, 0.717) is 44.2 Å². The zero-order valence-corrected chi connectivity index (χ0v) is 21.4. The quantitative estimate of drug-likeness (QED) is 0.429. The second-order valence-corrected chi connectivity index (χ2v) is 10.9. The minimum atomic E-state index is -4.45. The Balaban J connectivity index is 1.42. The van der Waals surface area contributed by atoms with E-state index >= 15 is 0 Å². The van der Waals surface area contributed by atoms with Crippen molar-refractivity contribution >= 4 is 12.0 Å². The summed E-state index contributed by atoms with van der Waals surface area (Å²) in [5, 5.41) is 22.7. The molecule has 1 saturated heterocycles. The van der Waals surface area contributed by atoms with Gasteiger partial charge in [0.15, 0.2) is 0 Å². The third-order valence-electron chi connectivity index (χ3n) is 9.00. The van der Waals surface area contributed by atoms with Crippen LogP contribution in [0.15, 0.2) is 61.2 Å². The first kappa shape index (κ1) is 26.5. The molecule has 2 fully saturated rings. The molecule has 2 aliphatic carbocycles. The first-order chi connectivity index (χ1) is 18.0. The molecular formula is C30H33F3N2O3. The van der Waals surface area contributed by atoms with Crippen LogP contribution in [0.25, 0.3) is 6.08 Å². The number of fused-ring (bicyclic) bond motifs is 1. The van der Waals surface area contributed by atoms with Crippen LogP contribution < -0.4 is 0 Å². The summed E-state index contributed by atoms with van der Waals surface area (Å²) in [6.07, 6.45) is 3.13. The van der Waals surface area contributed by atoms with E-state index < -0.39 is 22.8 Å². The molecule has 1 heterocycles. The molecule has 5 nitrogen and oxygen atoms in total. The van der Waals surface area contributed by atoms with Crippen molar-refractivity contribution in [3.63, 3.8) is 0 Å². The maximum atomic E-state index is 13.1. The summed E-state index contributed by atoms with van der Waals surface area (Å²) in [4.78, 5) is 17.1. The predicted molar refractivity (Wildman–Crippen MR) is 140 cm³/mol. The first-order valence-electron chi connectivity index (χ1n) is 13.0. The summed E-state index contributed by atoms with van der Waals surface area (Å²) in [6, 6.07) is 10.0. The number of aliphatic hydroxyl groups is 1. The summed E-state index contributed by atoms with van der Waals surface area (Å²) in [6.45, 7) is 5.34. The van der Waals surface area contributed by atoms with E-state index in [-0.39, 0.29) is 23.7 Å². The molecule has 2 aromatic carbocycles. The third-order valence-corrected chi connectivity index (χ3v) is 9.00. The minimum Gasteiger partial charge on any atom is -0.508 e. The van der Waals surface area contributed by atoms with E-state index in [4.69, 9.17) is 0 Å². The zero-order chi connectivity index (χ0) is 27.3. The molecule has 2 bridgehead atoms.